The van der Waals surface area contributed by atoms with Crippen LogP contribution < -0.4 is 15.4 Å². The highest BCUT2D eigenvalue weighted by Gasteiger charge is 2.26. The zero-order valence-corrected chi connectivity index (χ0v) is 14.0. The number of hydrogen-bond donors (Lipinski definition) is 2. The first kappa shape index (κ1) is 17.3. The van der Waals surface area contributed by atoms with E-state index in [0.717, 1.165) is 17.7 Å². The first-order valence-corrected chi connectivity index (χ1v) is 7.30. The number of urea groups is 1. The van der Waals surface area contributed by atoms with Crippen molar-refractivity contribution in [2.45, 2.75) is 53.1 Å². The van der Waals surface area contributed by atoms with Crippen LogP contribution in [0.4, 0.5) is 4.79 Å². The molecule has 0 heterocycles. The molecule has 0 aliphatic heterocycles. The maximum Gasteiger partial charge on any atom is 0.315 e. The first-order valence-electron chi connectivity index (χ1n) is 7.30. The first-order chi connectivity index (χ1) is 9.61. The minimum atomic E-state index is -0.239. The van der Waals surface area contributed by atoms with E-state index in [4.69, 9.17) is 4.74 Å². The predicted molar refractivity (Wildman–Crippen MR) is 86.5 cm³/mol. The molecule has 2 N–H and O–H groups in total. The lowest BCUT2D eigenvalue weighted by Crippen LogP contribution is -2.49. The second-order valence-electron chi connectivity index (χ2n) is 7.28. The zero-order chi connectivity index (χ0) is 16.1. The van der Waals surface area contributed by atoms with Gasteiger partial charge in [0.05, 0.1) is 7.11 Å². The summed E-state index contributed by atoms with van der Waals surface area (Å²) in [5.74, 6) is 0.794. The van der Waals surface area contributed by atoms with Crippen LogP contribution in [-0.2, 0) is 6.54 Å². The molecule has 1 rings (SSSR count). The number of methoxy groups -OCH3 is 1. The van der Waals surface area contributed by atoms with Crippen molar-refractivity contribution in [3.05, 3.63) is 29.8 Å². The Balaban J connectivity index is 2.50. The summed E-state index contributed by atoms with van der Waals surface area (Å²) in [4.78, 5) is 12.0. The minimum absolute atomic E-state index is 0.146. The van der Waals surface area contributed by atoms with Gasteiger partial charge in [0.15, 0.2) is 0 Å². The van der Waals surface area contributed by atoms with E-state index in [-0.39, 0.29) is 17.0 Å². The molecule has 1 aromatic rings. The van der Waals surface area contributed by atoms with Crippen LogP contribution in [0, 0.1) is 5.41 Å². The zero-order valence-electron chi connectivity index (χ0n) is 14.0. The summed E-state index contributed by atoms with van der Waals surface area (Å²) in [5, 5.41) is 5.92. The molecule has 0 atom stereocenters. The van der Waals surface area contributed by atoms with Gasteiger partial charge in [0.2, 0.25) is 0 Å². The summed E-state index contributed by atoms with van der Waals surface area (Å²) in [7, 11) is 1.63. The summed E-state index contributed by atoms with van der Waals surface area (Å²) >= 11 is 0. The van der Waals surface area contributed by atoms with E-state index in [0.29, 0.717) is 6.54 Å². The van der Waals surface area contributed by atoms with Crippen LogP contribution in [0.15, 0.2) is 24.3 Å². The van der Waals surface area contributed by atoms with Gasteiger partial charge in [-0.1, -0.05) is 32.9 Å². The van der Waals surface area contributed by atoms with Crippen molar-refractivity contribution in [1.82, 2.24) is 10.6 Å². The van der Waals surface area contributed by atoms with E-state index in [1.165, 1.54) is 0 Å². The number of nitrogens with one attached hydrogen (secondary N) is 2. The summed E-state index contributed by atoms with van der Waals surface area (Å²) in [5.41, 5.74) is 0.943. The molecule has 1 aromatic carbocycles. The van der Waals surface area contributed by atoms with Crippen molar-refractivity contribution in [3.8, 4) is 5.75 Å². The lowest BCUT2D eigenvalue weighted by atomic mass is 9.82. The number of carbonyl (C=O) groups is 1. The van der Waals surface area contributed by atoms with Crippen molar-refractivity contribution < 1.29 is 9.53 Å². The van der Waals surface area contributed by atoms with Crippen molar-refractivity contribution in [2.75, 3.05) is 7.11 Å². The van der Waals surface area contributed by atoms with Crippen molar-refractivity contribution >= 4 is 6.03 Å². The smallest absolute Gasteiger partial charge is 0.315 e. The Hall–Kier alpha value is -1.71. The van der Waals surface area contributed by atoms with Gasteiger partial charge in [0.1, 0.15) is 5.75 Å². The SMILES string of the molecule is COc1cccc(CNC(=O)NC(C)(C)CC(C)(C)C)c1. The topological polar surface area (TPSA) is 50.4 Å². The Kier molecular flexibility index (Phi) is 5.64. The van der Waals surface area contributed by atoms with Gasteiger partial charge in [-0.05, 0) is 43.4 Å². The van der Waals surface area contributed by atoms with Crippen LogP contribution in [-0.4, -0.2) is 18.7 Å². The number of hydrogen-bond acceptors (Lipinski definition) is 2. The third-order valence-electron chi connectivity index (χ3n) is 3.01. The summed E-state index contributed by atoms with van der Waals surface area (Å²) in [6, 6.07) is 7.53. The average molecular weight is 292 g/mol. The highest BCUT2D eigenvalue weighted by Crippen LogP contribution is 2.26. The second-order valence-corrected chi connectivity index (χ2v) is 7.28. The third kappa shape index (κ3) is 7.02. The van der Waals surface area contributed by atoms with Crippen LogP contribution in [0.25, 0.3) is 0 Å². The molecule has 0 aliphatic carbocycles. The average Bonchev–Trinajstić information content (AvgIpc) is 2.33. The molecule has 0 saturated carbocycles. The van der Waals surface area contributed by atoms with E-state index >= 15 is 0 Å². The van der Waals surface area contributed by atoms with Crippen LogP contribution in [0.1, 0.15) is 46.6 Å². The largest absolute Gasteiger partial charge is 0.497 e. The lowest BCUT2D eigenvalue weighted by Gasteiger charge is -2.33. The molecule has 0 unspecified atom stereocenters. The molecule has 0 aliphatic rings. The molecule has 0 fully saturated rings. The van der Waals surface area contributed by atoms with E-state index < -0.39 is 0 Å². The van der Waals surface area contributed by atoms with Gasteiger partial charge >= 0.3 is 6.03 Å². The summed E-state index contributed by atoms with van der Waals surface area (Å²) in [6.07, 6.45) is 0.909. The van der Waals surface area contributed by atoms with Gasteiger partial charge in [-0.25, -0.2) is 4.79 Å². The normalized spacial score (nSPS) is 11.9. The fraction of sp³-hybridized carbons (Fsp3) is 0.588. The Labute approximate surface area is 128 Å². The monoisotopic (exact) mass is 292 g/mol. The van der Waals surface area contributed by atoms with Gasteiger partial charge in [-0.15, -0.1) is 0 Å². The Bertz CT molecular complexity index is 476. The van der Waals surface area contributed by atoms with E-state index in [1.807, 2.05) is 38.1 Å². The van der Waals surface area contributed by atoms with Gasteiger partial charge in [-0.3, -0.25) is 0 Å². The molecule has 4 heteroatoms. The van der Waals surface area contributed by atoms with Crippen molar-refractivity contribution in [2.24, 2.45) is 5.41 Å². The van der Waals surface area contributed by atoms with E-state index in [1.54, 1.807) is 7.11 Å². The molecule has 0 spiro atoms. The van der Waals surface area contributed by atoms with E-state index in [9.17, 15) is 4.79 Å². The molecule has 0 bridgehead atoms. The van der Waals surface area contributed by atoms with Crippen molar-refractivity contribution in [1.29, 1.82) is 0 Å². The molecule has 4 nitrogen and oxygen atoms in total. The molecule has 0 aromatic heterocycles. The van der Waals surface area contributed by atoms with Gasteiger partial charge in [0.25, 0.3) is 0 Å². The number of ether oxygens (including phenoxy) is 1. The Morgan fingerprint density at radius 2 is 1.86 bits per heavy atom. The third-order valence-corrected chi connectivity index (χ3v) is 3.01. The molecule has 2 amide bonds. The van der Waals surface area contributed by atoms with Crippen LogP contribution in [0.5, 0.6) is 5.75 Å². The predicted octanol–water partition coefficient (Wildman–Crippen LogP) is 3.71. The Morgan fingerprint density at radius 3 is 2.43 bits per heavy atom. The summed E-state index contributed by atoms with van der Waals surface area (Å²) < 4.78 is 5.17. The van der Waals surface area contributed by atoms with Gasteiger partial charge in [-0.2, -0.15) is 0 Å². The van der Waals surface area contributed by atoms with Crippen molar-refractivity contribution in [3.63, 3.8) is 0 Å². The molecule has 0 radical (unpaired) electrons. The summed E-state index contributed by atoms with van der Waals surface area (Å²) in [6.45, 7) is 11.1. The number of rotatable bonds is 5. The quantitative estimate of drug-likeness (QED) is 0.869. The van der Waals surface area contributed by atoms with Gasteiger partial charge < -0.3 is 15.4 Å². The van der Waals surface area contributed by atoms with Gasteiger partial charge in [0, 0.05) is 12.1 Å². The molecule has 21 heavy (non-hydrogen) atoms. The van der Waals surface area contributed by atoms with Crippen LogP contribution >= 0.6 is 0 Å². The van der Waals surface area contributed by atoms with E-state index in [2.05, 4.69) is 31.4 Å². The lowest BCUT2D eigenvalue weighted by molar-refractivity contribution is 0.210. The fourth-order valence-corrected chi connectivity index (χ4v) is 2.69. The Morgan fingerprint density at radius 1 is 1.19 bits per heavy atom. The maximum absolute atomic E-state index is 12.0. The maximum atomic E-state index is 12.0. The minimum Gasteiger partial charge on any atom is -0.497 e. The van der Waals surface area contributed by atoms with Crippen LogP contribution in [0.3, 0.4) is 0 Å². The number of amides is 2. The van der Waals surface area contributed by atoms with Crippen LogP contribution in [0.2, 0.25) is 0 Å². The molecular formula is C17H28N2O2. The molecular weight excluding hydrogens is 264 g/mol. The molecule has 118 valence electrons. The standard InChI is InChI=1S/C17H28N2O2/c1-16(2,3)12-17(4,5)19-15(20)18-11-13-8-7-9-14(10-13)21-6/h7-10H,11-12H2,1-6H3,(H2,18,19,20). The fourth-order valence-electron chi connectivity index (χ4n) is 2.69. The second kappa shape index (κ2) is 6.83. The number of carbonyl (C=O) groups excluding carboxylic acids is 1. The molecule has 0 saturated heterocycles. The number of benzene rings is 1. The highest BCUT2D eigenvalue weighted by molar-refractivity contribution is 5.74. The highest BCUT2D eigenvalue weighted by atomic mass is 16.5.